The fourth-order valence-corrected chi connectivity index (χ4v) is 1.94. The Labute approximate surface area is 118 Å². The van der Waals surface area contributed by atoms with Crippen LogP contribution in [-0.2, 0) is 6.54 Å². The van der Waals surface area contributed by atoms with E-state index in [1.807, 2.05) is 13.8 Å². The predicted octanol–water partition coefficient (Wildman–Crippen LogP) is 2.88. The number of nitrogens with zero attached hydrogens (tertiary/aromatic N) is 3. The van der Waals surface area contributed by atoms with Crippen molar-refractivity contribution in [1.29, 1.82) is 0 Å². The molecule has 1 heterocycles. The van der Waals surface area contributed by atoms with E-state index < -0.39 is 0 Å². The number of anilines is 2. The van der Waals surface area contributed by atoms with E-state index in [-0.39, 0.29) is 5.82 Å². The van der Waals surface area contributed by atoms with Gasteiger partial charge in [0, 0.05) is 31.0 Å². The molecule has 0 amide bonds. The van der Waals surface area contributed by atoms with Crippen LogP contribution in [0.15, 0.2) is 36.7 Å². The first-order valence-electron chi connectivity index (χ1n) is 6.80. The number of nitrogens with one attached hydrogen (secondary N) is 1. The molecule has 0 unspecified atom stereocenters. The molecule has 106 valence electrons. The van der Waals surface area contributed by atoms with Gasteiger partial charge in [0.2, 0.25) is 5.95 Å². The Hall–Kier alpha value is -2.01. The SMILES string of the molecule is CCNCc1cnc(N(CC)c2ccccc2F)nc1. The van der Waals surface area contributed by atoms with E-state index >= 15 is 0 Å². The van der Waals surface area contributed by atoms with Gasteiger partial charge in [-0.05, 0) is 25.6 Å². The highest BCUT2D eigenvalue weighted by Crippen LogP contribution is 2.24. The number of rotatable bonds is 6. The molecule has 1 N–H and O–H groups in total. The van der Waals surface area contributed by atoms with Crippen LogP contribution in [0, 0.1) is 5.82 Å². The Morgan fingerprint density at radius 1 is 1.15 bits per heavy atom. The van der Waals surface area contributed by atoms with Gasteiger partial charge in [-0.1, -0.05) is 19.1 Å². The molecule has 2 rings (SSSR count). The Morgan fingerprint density at radius 2 is 1.85 bits per heavy atom. The zero-order chi connectivity index (χ0) is 14.4. The maximum Gasteiger partial charge on any atom is 0.229 e. The molecule has 1 aromatic heterocycles. The first kappa shape index (κ1) is 14.4. The zero-order valence-electron chi connectivity index (χ0n) is 11.8. The fraction of sp³-hybridized carbons (Fsp3) is 0.333. The number of para-hydroxylation sites is 1. The van der Waals surface area contributed by atoms with Gasteiger partial charge in [0.25, 0.3) is 0 Å². The molecule has 0 saturated heterocycles. The summed E-state index contributed by atoms with van der Waals surface area (Å²) in [5, 5.41) is 3.21. The first-order chi connectivity index (χ1) is 9.76. The average molecular weight is 274 g/mol. The molecule has 0 aliphatic carbocycles. The maximum absolute atomic E-state index is 13.9. The monoisotopic (exact) mass is 274 g/mol. The van der Waals surface area contributed by atoms with Gasteiger partial charge < -0.3 is 10.2 Å². The van der Waals surface area contributed by atoms with Gasteiger partial charge >= 0.3 is 0 Å². The summed E-state index contributed by atoms with van der Waals surface area (Å²) in [5.41, 5.74) is 1.51. The largest absolute Gasteiger partial charge is 0.313 e. The molecule has 1 aromatic carbocycles. The minimum atomic E-state index is -0.269. The van der Waals surface area contributed by atoms with E-state index in [0.717, 1.165) is 18.7 Å². The third kappa shape index (κ3) is 3.30. The molecular formula is C15H19FN4. The Kier molecular flexibility index (Phi) is 5.01. The summed E-state index contributed by atoms with van der Waals surface area (Å²) in [6.45, 7) is 6.24. The van der Waals surface area contributed by atoms with Crippen molar-refractivity contribution in [3.63, 3.8) is 0 Å². The van der Waals surface area contributed by atoms with Gasteiger partial charge in [0.05, 0.1) is 5.69 Å². The highest BCUT2D eigenvalue weighted by Gasteiger charge is 2.13. The van der Waals surface area contributed by atoms with Gasteiger partial charge in [-0.25, -0.2) is 14.4 Å². The average Bonchev–Trinajstić information content (AvgIpc) is 2.49. The van der Waals surface area contributed by atoms with E-state index in [4.69, 9.17) is 0 Å². The summed E-state index contributed by atoms with van der Waals surface area (Å²) < 4.78 is 13.9. The molecule has 0 aliphatic heterocycles. The topological polar surface area (TPSA) is 41.1 Å². The molecule has 4 nitrogen and oxygen atoms in total. The fourth-order valence-electron chi connectivity index (χ4n) is 1.94. The lowest BCUT2D eigenvalue weighted by atomic mass is 10.3. The molecule has 0 bridgehead atoms. The van der Waals surface area contributed by atoms with Crippen LogP contribution in [0.3, 0.4) is 0 Å². The van der Waals surface area contributed by atoms with Crippen LogP contribution < -0.4 is 10.2 Å². The van der Waals surface area contributed by atoms with Crippen molar-refractivity contribution in [2.24, 2.45) is 0 Å². The van der Waals surface area contributed by atoms with Crippen molar-refractivity contribution in [3.8, 4) is 0 Å². The van der Waals surface area contributed by atoms with Crippen molar-refractivity contribution in [2.45, 2.75) is 20.4 Å². The maximum atomic E-state index is 13.9. The summed E-state index contributed by atoms with van der Waals surface area (Å²) in [7, 11) is 0. The van der Waals surface area contributed by atoms with Crippen molar-refractivity contribution < 1.29 is 4.39 Å². The molecule has 0 atom stereocenters. The molecule has 2 aromatic rings. The van der Waals surface area contributed by atoms with Gasteiger partial charge in [-0.2, -0.15) is 0 Å². The zero-order valence-corrected chi connectivity index (χ0v) is 11.8. The first-order valence-corrected chi connectivity index (χ1v) is 6.80. The molecular weight excluding hydrogens is 255 g/mol. The minimum Gasteiger partial charge on any atom is -0.313 e. The number of hydrogen-bond acceptors (Lipinski definition) is 4. The summed E-state index contributed by atoms with van der Waals surface area (Å²) in [6.07, 6.45) is 3.54. The van der Waals surface area contributed by atoms with Gasteiger partial charge in [-0.15, -0.1) is 0 Å². The second kappa shape index (κ2) is 6.96. The van der Waals surface area contributed by atoms with Crippen LogP contribution in [0.4, 0.5) is 16.0 Å². The quantitative estimate of drug-likeness (QED) is 0.879. The smallest absolute Gasteiger partial charge is 0.229 e. The van der Waals surface area contributed by atoms with Crippen molar-refractivity contribution in [1.82, 2.24) is 15.3 Å². The number of benzene rings is 1. The second-order valence-electron chi connectivity index (χ2n) is 4.37. The van der Waals surface area contributed by atoms with Crippen LogP contribution in [0.5, 0.6) is 0 Å². The molecule has 0 fully saturated rings. The van der Waals surface area contributed by atoms with E-state index in [9.17, 15) is 4.39 Å². The van der Waals surface area contributed by atoms with Crippen LogP contribution >= 0.6 is 0 Å². The Balaban J connectivity index is 2.22. The summed E-state index contributed by atoms with van der Waals surface area (Å²) >= 11 is 0. The molecule has 0 radical (unpaired) electrons. The second-order valence-corrected chi connectivity index (χ2v) is 4.37. The van der Waals surface area contributed by atoms with E-state index in [2.05, 4.69) is 15.3 Å². The molecule has 0 aliphatic rings. The lowest BCUT2D eigenvalue weighted by molar-refractivity contribution is 0.624. The summed E-state index contributed by atoms with van der Waals surface area (Å²) in [5.74, 6) is 0.243. The van der Waals surface area contributed by atoms with Gasteiger partial charge in [0.15, 0.2) is 0 Å². The highest BCUT2D eigenvalue weighted by atomic mass is 19.1. The van der Waals surface area contributed by atoms with Crippen molar-refractivity contribution in [3.05, 3.63) is 48.0 Å². The Bertz CT molecular complexity index is 542. The Morgan fingerprint density at radius 3 is 2.45 bits per heavy atom. The number of aromatic nitrogens is 2. The van der Waals surface area contributed by atoms with Crippen molar-refractivity contribution >= 4 is 11.6 Å². The third-order valence-electron chi connectivity index (χ3n) is 2.97. The minimum absolute atomic E-state index is 0.269. The van der Waals surface area contributed by atoms with Gasteiger partial charge in [-0.3, -0.25) is 0 Å². The normalized spacial score (nSPS) is 10.6. The number of hydrogen-bond donors (Lipinski definition) is 1. The van der Waals surface area contributed by atoms with Gasteiger partial charge in [0.1, 0.15) is 5.82 Å². The predicted molar refractivity (Wildman–Crippen MR) is 78.5 cm³/mol. The van der Waals surface area contributed by atoms with Crippen LogP contribution in [0.1, 0.15) is 19.4 Å². The standard InChI is InChI=1S/C15H19FN4/c1-3-17-9-12-10-18-15(19-11-12)20(4-2)14-8-6-5-7-13(14)16/h5-8,10-11,17H,3-4,9H2,1-2H3. The lowest BCUT2D eigenvalue weighted by Crippen LogP contribution is -2.20. The molecule has 20 heavy (non-hydrogen) atoms. The summed E-state index contributed by atoms with van der Waals surface area (Å²) in [6, 6.07) is 6.65. The summed E-state index contributed by atoms with van der Waals surface area (Å²) in [4.78, 5) is 10.4. The van der Waals surface area contributed by atoms with E-state index in [1.165, 1.54) is 6.07 Å². The third-order valence-corrected chi connectivity index (χ3v) is 2.97. The van der Waals surface area contributed by atoms with Crippen molar-refractivity contribution in [2.75, 3.05) is 18.0 Å². The van der Waals surface area contributed by atoms with Crippen LogP contribution in [-0.4, -0.2) is 23.1 Å². The molecule has 5 heteroatoms. The number of halogens is 1. The van der Waals surface area contributed by atoms with E-state index in [1.54, 1.807) is 35.5 Å². The molecule has 0 saturated carbocycles. The van der Waals surface area contributed by atoms with Crippen LogP contribution in [0.2, 0.25) is 0 Å². The van der Waals surface area contributed by atoms with E-state index in [0.29, 0.717) is 18.2 Å². The lowest BCUT2D eigenvalue weighted by Gasteiger charge is -2.21. The van der Waals surface area contributed by atoms with Crippen LogP contribution in [0.25, 0.3) is 0 Å². The molecule has 0 spiro atoms. The highest BCUT2D eigenvalue weighted by molar-refractivity contribution is 5.57.